The van der Waals surface area contributed by atoms with Crippen LogP contribution in [0.25, 0.3) is 0 Å². The number of carbonyl (C=O) groups is 1. The zero-order valence-electron chi connectivity index (χ0n) is 13.9. The van der Waals surface area contributed by atoms with Crippen molar-refractivity contribution >= 4 is 5.91 Å². The average molecular weight is 345 g/mol. The number of hydrogen-bond donors (Lipinski definition) is 1. The quantitative estimate of drug-likeness (QED) is 0.905. The first-order valence-electron chi connectivity index (χ1n) is 8.07. The van der Waals surface area contributed by atoms with Gasteiger partial charge in [0.25, 0.3) is 5.91 Å². The molecule has 6 heteroatoms. The molecule has 0 bridgehead atoms. The van der Waals surface area contributed by atoms with Gasteiger partial charge in [-0.05, 0) is 36.2 Å². The van der Waals surface area contributed by atoms with Gasteiger partial charge in [-0.15, -0.1) is 0 Å². The fraction of sp³-hybridized carbons (Fsp3) is 0.316. The molecule has 2 aromatic rings. The van der Waals surface area contributed by atoms with E-state index >= 15 is 0 Å². The van der Waals surface area contributed by atoms with Crippen LogP contribution >= 0.6 is 0 Å². The molecule has 1 N–H and O–H groups in total. The average Bonchev–Trinajstić information content (AvgIpc) is 3.03. The van der Waals surface area contributed by atoms with E-state index in [4.69, 9.17) is 9.47 Å². The minimum atomic E-state index is -0.603. The number of para-hydroxylation sites is 1. The second kappa shape index (κ2) is 7.53. The first-order valence-corrected chi connectivity index (χ1v) is 8.07. The molecule has 1 fully saturated rings. The molecule has 0 aliphatic carbocycles. The fourth-order valence-corrected chi connectivity index (χ4v) is 3.04. The molecule has 0 spiro atoms. The number of likely N-dealkylation sites (tertiary alicyclic amines) is 1. The summed E-state index contributed by atoms with van der Waals surface area (Å²) in [6.45, 7) is -0.0601. The van der Waals surface area contributed by atoms with Crippen LogP contribution in [-0.4, -0.2) is 42.3 Å². The maximum absolute atomic E-state index is 13.6. The Morgan fingerprint density at radius 3 is 2.84 bits per heavy atom. The van der Waals surface area contributed by atoms with Crippen LogP contribution in [0.4, 0.5) is 4.39 Å². The van der Waals surface area contributed by atoms with Gasteiger partial charge in [0.1, 0.15) is 5.75 Å². The number of amides is 1. The van der Waals surface area contributed by atoms with Crippen molar-refractivity contribution < 1.29 is 23.8 Å². The summed E-state index contributed by atoms with van der Waals surface area (Å²) in [7, 11) is 1.58. The van der Waals surface area contributed by atoms with Crippen molar-refractivity contribution in [2.75, 3.05) is 20.3 Å². The van der Waals surface area contributed by atoms with E-state index in [1.807, 2.05) is 24.3 Å². The van der Waals surface area contributed by atoms with Crippen molar-refractivity contribution in [1.82, 2.24) is 4.90 Å². The molecular weight excluding hydrogens is 325 g/mol. The van der Waals surface area contributed by atoms with E-state index in [9.17, 15) is 14.3 Å². The maximum Gasteiger partial charge on any atom is 0.261 e. The van der Waals surface area contributed by atoms with Crippen molar-refractivity contribution in [3.8, 4) is 11.5 Å². The molecule has 0 aromatic heterocycles. The van der Waals surface area contributed by atoms with Crippen LogP contribution in [0.1, 0.15) is 18.0 Å². The summed E-state index contributed by atoms with van der Waals surface area (Å²) in [5.74, 6) is -0.0869. The molecule has 2 atom stereocenters. The van der Waals surface area contributed by atoms with Gasteiger partial charge in [0, 0.05) is 6.54 Å². The molecule has 2 aromatic carbocycles. The third-order valence-electron chi connectivity index (χ3n) is 4.27. The first-order chi connectivity index (χ1) is 12.1. The smallest absolute Gasteiger partial charge is 0.261 e. The predicted octanol–water partition coefficient (Wildman–Crippen LogP) is 2.55. The molecule has 132 valence electrons. The molecule has 3 rings (SSSR count). The molecule has 1 aliphatic heterocycles. The van der Waals surface area contributed by atoms with E-state index in [0.29, 0.717) is 12.2 Å². The number of methoxy groups -OCH3 is 1. The van der Waals surface area contributed by atoms with E-state index < -0.39 is 11.9 Å². The van der Waals surface area contributed by atoms with Crippen molar-refractivity contribution in [3.63, 3.8) is 0 Å². The zero-order valence-corrected chi connectivity index (χ0v) is 13.9. The molecule has 1 aliphatic rings. The molecule has 0 radical (unpaired) electrons. The Morgan fingerprint density at radius 1 is 1.28 bits per heavy atom. The number of aliphatic hydroxyl groups excluding tert-OH is 1. The Bertz CT molecular complexity index is 752. The van der Waals surface area contributed by atoms with Gasteiger partial charge in [0.15, 0.2) is 18.2 Å². The summed E-state index contributed by atoms with van der Waals surface area (Å²) >= 11 is 0. The van der Waals surface area contributed by atoms with Gasteiger partial charge in [0.05, 0.1) is 19.3 Å². The van der Waals surface area contributed by atoms with Crippen molar-refractivity contribution in [2.45, 2.75) is 18.6 Å². The van der Waals surface area contributed by atoms with Crippen molar-refractivity contribution in [3.05, 3.63) is 59.9 Å². The summed E-state index contributed by atoms with van der Waals surface area (Å²) in [4.78, 5) is 14.1. The summed E-state index contributed by atoms with van der Waals surface area (Å²) in [6.07, 6.45) is -0.160. The topological polar surface area (TPSA) is 59.0 Å². The van der Waals surface area contributed by atoms with E-state index in [2.05, 4.69) is 0 Å². The van der Waals surface area contributed by atoms with E-state index in [1.165, 1.54) is 12.1 Å². The number of carbonyl (C=O) groups excluding carboxylic acids is 1. The lowest BCUT2D eigenvalue weighted by atomic mass is 10.0. The van der Waals surface area contributed by atoms with Crippen LogP contribution in [0.2, 0.25) is 0 Å². The third-order valence-corrected chi connectivity index (χ3v) is 4.27. The number of nitrogens with zero attached hydrogens (tertiary/aromatic N) is 1. The van der Waals surface area contributed by atoms with Gasteiger partial charge < -0.3 is 19.5 Å². The molecular formula is C19H20FNO4. The first kappa shape index (κ1) is 17.2. The molecule has 1 saturated heterocycles. The Hall–Kier alpha value is -2.60. The fourth-order valence-electron chi connectivity index (χ4n) is 3.04. The lowest BCUT2D eigenvalue weighted by Crippen LogP contribution is -2.35. The molecule has 0 saturated carbocycles. The molecule has 5 nitrogen and oxygen atoms in total. The van der Waals surface area contributed by atoms with Crippen LogP contribution in [0.15, 0.2) is 48.5 Å². The Kier molecular flexibility index (Phi) is 5.19. The van der Waals surface area contributed by atoms with E-state index in [-0.39, 0.29) is 30.9 Å². The number of ether oxygens (including phenoxy) is 2. The lowest BCUT2D eigenvalue weighted by Gasteiger charge is -2.25. The summed E-state index contributed by atoms with van der Waals surface area (Å²) in [5.41, 5.74) is 0.884. The number of rotatable bonds is 5. The Labute approximate surface area is 145 Å². The largest absolute Gasteiger partial charge is 0.497 e. The number of halogens is 1. The number of benzene rings is 2. The van der Waals surface area contributed by atoms with Gasteiger partial charge in [-0.1, -0.05) is 24.3 Å². The van der Waals surface area contributed by atoms with Gasteiger partial charge in [-0.2, -0.15) is 0 Å². The van der Waals surface area contributed by atoms with Crippen LogP contribution < -0.4 is 9.47 Å². The van der Waals surface area contributed by atoms with Gasteiger partial charge >= 0.3 is 0 Å². The number of aliphatic hydroxyl groups is 1. The van der Waals surface area contributed by atoms with Crippen LogP contribution in [0.3, 0.4) is 0 Å². The van der Waals surface area contributed by atoms with Crippen LogP contribution in [0, 0.1) is 5.82 Å². The minimum Gasteiger partial charge on any atom is -0.497 e. The summed E-state index contributed by atoms with van der Waals surface area (Å²) in [6, 6.07) is 13.1. The highest BCUT2D eigenvalue weighted by molar-refractivity contribution is 5.78. The van der Waals surface area contributed by atoms with Gasteiger partial charge in [0.2, 0.25) is 0 Å². The standard InChI is InChI=1S/C19H20FNO4/c1-24-15-6-4-5-13(9-15)17-10-14(22)11-21(17)19(23)12-25-18-8-3-2-7-16(18)20/h2-9,14,17,22H,10-12H2,1H3/t14-,17-/m0/s1. The highest BCUT2D eigenvalue weighted by atomic mass is 19.1. The second-order valence-electron chi connectivity index (χ2n) is 5.95. The van der Waals surface area contributed by atoms with E-state index in [1.54, 1.807) is 24.1 Å². The van der Waals surface area contributed by atoms with Gasteiger partial charge in [-0.25, -0.2) is 4.39 Å². The SMILES string of the molecule is COc1cccc([C@@H]2C[C@H](O)CN2C(=O)COc2ccccc2F)c1. The minimum absolute atomic E-state index is 0.0357. The van der Waals surface area contributed by atoms with Crippen molar-refractivity contribution in [1.29, 1.82) is 0 Å². The highest BCUT2D eigenvalue weighted by Crippen LogP contribution is 2.33. The second-order valence-corrected chi connectivity index (χ2v) is 5.95. The Balaban J connectivity index is 1.72. The summed E-state index contributed by atoms with van der Waals surface area (Å²) in [5, 5.41) is 10.0. The Morgan fingerprint density at radius 2 is 2.08 bits per heavy atom. The number of β-amino-alcohol motifs (C(OH)–C–C–N with tert-alkyl or cyclic N) is 1. The molecule has 1 amide bonds. The van der Waals surface area contributed by atoms with Gasteiger partial charge in [-0.3, -0.25) is 4.79 Å². The normalized spacial score (nSPS) is 19.7. The third kappa shape index (κ3) is 3.91. The van der Waals surface area contributed by atoms with Crippen LogP contribution in [0.5, 0.6) is 11.5 Å². The summed E-state index contributed by atoms with van der Waals surface area (Å²) < 4.78 is 24.1. The van der Waals surface area contributed by atoms with E-state index in [0.717, 1.165) is 5.56 Å². The molecule has 25 heavy (non-hydrogen) atoms. The monoisotopic (exact) mass is 345 g/mol. The number of hydrogen-bond acceptors (Lipinski definition) is 4. The zero-order chi connectivity index (χ0) is 17.8. The molecule has 1 heterocycles. The maximum atomic E-state index is 13.6. The highest BCUT2D eigenvalue weighted by Gasteiger charge is 2.35. The van der Waals surface area contributed by atoms with Crippen LogP contribution in [-0.2, 0) is 4.79 Å². The predicted molar refractivity (Wildman–Crippen MR) is 90.0 cm³/mol. The van der Waals surface area contributed by atoms with Crippen molar-refractivity contribution in [2.24, 2.45) is 0 Å². The molecule has 0 unspecified atom stereocenters. The lowest BCUT2D eigenvalue weighted by molar-refractivity contribution is -0.134.